The van der Waals surface area contributed by atoms with Crippen LogP contribution in [0.2, 0.25) is 0 Å². The second kappa shape index (κ2) is 9.84. The first-order valence-electron chi connectivity index (χ1n) is 7.16. The fourth-order valence-electron chi connectivity index (χ4n) is 2.95. The zero-order chi connectivity index (χ0) is 14.7. The topological polar surface area (TPSA) is 49.2 Å². The van der Waals surface area contributed by atoms with Crippen LogP contribution in [-0.2, 0) is 87.0 Å². The molecular weight excluding hydrogens is 444 g/mol. The third-order valence-corrected chi connectivity index (χ3v) is 3.96. The summed E-state index contributed by atoms with van der Waals surface area (Å²) in [6.07, 6.45) is 4.18. The van der Waals surface area contributed by atoms with E-state index in [1.54, 1.807) is 19.8 Å². The van der Waals surface area contributed by atoms with E-state index < -0.39 is 5.60 Å². The number of hydrogen-bond donors (Lipinski definition) is 0. The molecule has 0 bridgehead atoms. The molecule has 0 unspecified atom stereocenters. The standard InChI is InChI=1S/C16H20N3O2.2Y/c1-13-3-5-15(6-4-13)16(10-19-12-17-11-18-19)7-14(8-20-2)9-21-16;;/h3-5,11-12,14H,7-10H2,1-2H3;;/q-1;;/t14-,16+;;/m1../s1. The Labute approximate surface area is 187 Å². The van der Waals surface area contributed by atoms with Gasteiger partial charge in [0, 0.05) is 78.4 Å². The minimum Gasteiger partial charge on any atom is -0.384 e. The van der Waals surface area contributed by atoms with Crippen LogP contribution in [0.15, 0.2) is 30.9 Å². The van der Waals surface area contributed by atoms with Gasteiger partial charge in [0.2, 0.25) is 0 Å². The number of nitrogens with zero attached hydrogens (tertiary/aromatic N) is 3. The van der Waals surface area contributed by atoms with Gasteiger partial charge < -0.3 is 9.47 Å². The Hall–Kier alpha value is 0.488. The van der Waals surface area contributed by atoms with Crippen LogP contribution in [0, 0.1) is 18.9 Å². The fourth-order valence-corrected chi connectivity index (χ4v) is 2.95. The third kappa shape index (κ3) is 5.23. The van der Waals surface area contributed by atoms with Crippen molar-refractivity contribution in [3.63, 3.8) is 0 Å². The van der Waals surface area contributed by atoms with E-state index in [1.807, 2.05) is 10.7 Å². The molecule has 2 heterocycles. The van der Waals surface area contributed by atoms with Crippen molar-refractivity contribution in [2.45, 2.75) is 25.5 Å². The van der Waals surface area contributed by atoms with Crippen LogP contribution in [0.1, 0.15) is 17.5 Å². The van der Waals surface area contributed by atoms with Gasteiger partial charge in [-0.05, 0) is 6.42 Å². The molecule has 1 saturated heterocycles. The maximum Gasteiger partial charge on any atom is 0.137 e. The normalized spacial score (nSPS) is 23.1. The average molecular weight is 464 g/mol. The van der Waals surface area contributed by atoms with Crippen molar-refractivity contribution < 1.29 is 74.9 Å². The predicted octanol–water partition coefficient (Wildman–Crippen LogP) is 1.96. The van der Waals surface area contributed by atoms with Gasteiger partial charge in [-0.2, -0.15) is 34.9 Å². The number of hydrogen-bond acceptors (Lipinski definition) is 4. The van der Waals surface area contributed by atoms with E-state index in [-0.39, 0.29) is 65.4 Å². The van der Waals surface area contributed by atoms with Crippen molar-refractivity contribution in [3.8, 4) is 0 Å². The molecule has 0 N–H and O–H groups in total. The van der Waals surface area contributed by atoms with Crippen LogP contribution in [0.25, 0.3) is 0 Å². The number of aromatic nitrogens is 3. The molecule has 118 valence electrons. The Balaban J connectivity index is 0.00000132. The van der Waals surface area contributed by atoms with Crippen LogP contribution in [0.3, 0.4) is 0 Å². The summed E-state index contributed by atoms with van der Waals surface area (Å²) in [6, 6.07) is 9.57. The summed E-state index contributed by atoms with van der Waals surface area (Å²) in [5.41, 5.74) is 1.87. The van der Waals surface area contributed by atoms with Crippen molar-refractivity contribution in [2.75, 3.05) is 20.3 Å². The van der Waals surface area contributed by atoms with Crippen molar-refractivity contribution in [1.29, 1.82) is 0 Å². The summed E-state index contributed by atoms with van der Waals surface area (Å²) in [5, 5.41) is 4.22. The molecule has 1 aliphatic heterocycles. The second-order valence-corrected chi connectivity index (χ2v) is 5.70. The summed E-state index contributed by atoms with van der Waals surface area (Å²) >= 11 is 0. The molecule has 2 atom stereocenters. The summed E-state index contributed by atoms with van der Waals surface area (Å²) in [5.74, 6) is 0.397. The summed E-state index contributed by atoms with van der Waals surface area (Å²) in [6.45, 7) is 4.12. The van der Waals surface area contributed by atoms with E-state index in [0.717, 1.165) is 12.0 Å². The molecule has 1 aromatic carbocycles. The number of rotatable bonds is 5. The van der Waals surface area contributed by atoms with Crippen molar-refractivity contribution in [3.05, 3.63) is 48.0 Å². The van der Waals surface area contributed by atoms with E-state index in [0.29, 0.717) is 25.7 Å². The summed E-state index contributed by atoms with van der Waals surface area (Å²) in [7, 11) is 1.73. The zero-order valence-corrected chi connectivity index (χ0v) is 19.3. The van der Waals surface area contributed by atoms with Gasteiger partial charge >= 0.3 is 0 Å². The Morgan fingerprint density at radius 3 is 2.87 bits per heavy atom. The SMILES string of the molecule is COC[C@@H]1CO[C@@](Cn2cncn2)(c2[c-]cc(C)cc2)C1.[Y].[Y]. The molecule has 0 amide bonds. The quantitative estimate of drug-likeness (QED) is 0.636. The largest absolute Gasteiger partial charge is 0.384 e. The van der Waals surface area contributed by atoms with Gasteiger partial charge in [-0.1, -0.05) is 6.92 Å². The molecule has 5 nitrogen and oxygen atoms in total. The van der Waals surface area contributed by atoms with Crippen LogP contribution in [0.4, 0.5) is 0 Å². The van der Waals surface area contributed by atoms with Crippen molar-refractivity contribution >= 4 is 0 Å². The number of ether oxygens (including phenoxy) is 2. The molecule has 1 aromatic heterocycles. The van der Waals surface area contributed by atoms with Gasteiger partial charge in [-0.15, -0.1) is 5.56 Å². The summed E-state index contributed by atoms with van der Waals surface area (Å²) < 4.78 is 13.3. The van der Waals surface area contributed by atoms with Crippen LogP contribution < -0.4 is 0 Å². The molecule has 0 spiro atoms. The van der Waals surface area contributed by atoms with Crippen LogP contribution in [-0.4, -0.2) is 35.1 Å². The maximum atomic E-state index is 6.21. The zero-order valence-electron chi connectivity index (χ0n) is 13.6. The van der Waals surface area contributed by atoms with Crippen molar-refractivity contribution in [1.82, 2.24) is 14.8 Å². The van der Waals surface area contributed by atoms with Gasteiger partial charge in [0.1, 0.15) is 12.7 Å². The van der Waals surface area contributed by atoms with E-state index in [2.05, 4.69) is 35.2 Å². The molecule has 1 fully saturated rings. The molecular formula is C16H20N3O2Y2-. The van der Waals surface area contributed by atoms with E-state index in [9.17, 15) is 0 Å². The Bertz CT molecular complexity index is 578. The first kappa shape index (κ1) is 21.5. The monoisotopic (exact) mass is 464 g/mol. The second-order valence-electron chi connectivity index (χ2n) is 5.70. The molecule has 0 aliphatic carbocycles. The number of methoxy groups -OCH3 is 1. The smallest absolute Gasteiger partial charge is 0.137 e. The van der Waals surface area contributed by atoms with Crippen LogP contribution in [0.5, 0.6) is 0 Å². The average Bonchev–Trinajstić information content (AvgIpc) is 3.11. The minimum atomic E-state index is -0.398. The number of benzene rings is 1. The number of aryl methyl sites for hydroxylation is 1. The van der Waals surface area contributed by atoms with Gasteiger partial charge in [0.25, 0.3) is 0 Å². The fraction of sp³-hybridized carbons (Fsp3) is 0.500. The Kier molecular flexibility index (Phi) is 9.21. The maximum absolute atomic E-state index is 6.21. The van der Waals surface area contributed by atoms with Gasteiger partial charge in [0.15, 0.2) is 0 Å². The summed E-state index contributed by atoms with van der Waals surface area (Å²) in [4.78, 5) is 4.02. The molecule has 2 radical (unpaired) electrons. The minimum absolute atomic E-state index is 0. The van der Waals surface area contributed by atoms with E-state index in [4.69, 9.17) is 9.47 Å². The first-order chi connectivity index (χ1) is 10.2. The molecule has 2 aromatic rings. The Morgan fingerprint density at radius 2 is 2.26 bits per heavy atom. The van der Waals surface area contributed by atoms with Crippen molar-refractivity contribution in [2.24, 2.45) is 5.92 Å². The van der Waals surface area contributed by atoms with E-state index >= 15 is 0 Å². The van der Waals surface area contributed by atoms with Crippen LogP contribution >= 0.6 is 0 Å². The van der Waals surface area contributed by atoms with Gasteiger partial charge in [-0.3, -0.25) is 0 Å². The molecule has 3 rings (SSSR count). The molecule has 23 heavy (non-hydrogen) atoms. The predicted molar refractivity (Wildman–Crippen MR) is 77.7 cm³/mol. The Morgan fingerprint density at radius 1 is 1.43 bits per heavy atom. The first-order valence-corrected chi connectivity index (χ1v) is 7.16. The van der Waals surface area contributed by atoms with Gasteiger partial charge in [-0.25, -0.2) is 9.67 Å². The molecule has 0 saturated carbocycles. The third-order valence-electron chi connectivity index (χ3n) is 3.96. The molecule has 1 aliphatic rings. The van der Waals surface area contributed by atoms with E-state index in [1.165, 1.54) is 5.56 Å². The molecule has 7 heteroatoms. The van der Waals surface area contributed by atoms with Gasteiger partial charge in [0.05, 0.1) is 25.4 Å².